The summed E-state index contributed by atoms with van der Waals surface area (Å²) in [4.78, 5) is 27.5. The molecule has 6 heteroatoms. The zero-order valence-electron chi connectivity index (χ0n) is 14.6. The van der Waals surface area contributed by atoms with Gasteiger partial charge in [0.2, 0.25) is 0 Å². The van der Waals surface area contributed by atoms with Crippen LogP contribution < -0.4 is 10.8 Å². The second-order valence-corrected chi connectivity index (χ2v) is 5.97. The molecule has 0 bridgehead atoms. The van der Waals surface area contributed by atoms with Crippen LogP contribution in [-0.4, -0.2) is 28.6 Å². The molecule has 0 atom stereocenters. The van der Waals surface area contributed by atoms with Gasteiger partial charge in [-0.25, -0.2) is 5.48 Å². The van der Waals surface area contributed by atoms with Gasteiger partial charge in [-0.05, 0) is 47.9 Å². The first-order chi connectivity index (χ1) is 13.2. The lowest BCUT2D eigenvalue weighted by Crippen LogP contribution is -2.25. The summed E-state index contributed by atoms with van der Waals surface area (Å²) < 4.78 is 0. The minimum atomic E-state index is -0.578. The van der Waals surface area contributed by atoms with Crippen LogP contribution in [0.4, 0.5) is 0 Å². The van der Waals surface area contributed by atoms with E-state index in [9.17, 15) is 9.59 Å². The molecule has 1 aromatic heterocycles. The van der Waals surface area contributed by atoms with Crippen LogP contribution in [0.25, 0.3) is 17.0 Å². The number of hydroxylamine groups is 1. The van der Waals surface area contributed by atoms with Crippen LogP contribution in [0.1, 0.15) is 21.5 Å². The Morgan fingerprint density at radius 1 is 1.07 bits per heavy atom. The lowest BCUT2D eigenvalue weighted by Gasteiger charge is -2.07. The number of nitrogens with one attached hydrogen (secondary N) is 2. The molecule has 0 aliphatic carbocycles. The Hall–Kier alpha value is -3.51. The summed E-state index contributed by atoms with van der Waals surface area (Å²) in [5.41, 5.74) is 4.92. The SMILES string of the molecule is O=C(/C=C/c1ccc(CCNC(=O)c2ccc3ncccc3c2)cc1)NO. The number of amides is 2. The van der Waals surface area contributed by atoms with Crippen molar-refractivity contribution in [3.05, 3.63) is 83.6 Å². The van der Waals surface area contributed by atoms with E-state index in [0.29, 0.717) is 18.5 Å². The average molecular weight is 361 g/mol. The highest BCUT2D eigenvalue weighted by Crippen LogP contribution is 2.13. The highest BCUT2D eigenvalue weighted by molar-refractivity contribution is 5.97. The fraction of sp³-hybridized carbons (Fsp3) is 0.0952. The van der Waals surface area contributed by atoms with Crippen molar-refractivity contribution in [2.45, 2.75) is 6.42 Å². The predicted molar refractivity (Wildman–Crippen MR) is 103 cm³/mol. The summed E-state index contributed by atoms with van der Waals surface area (Å²) in [6, 6.07) is 16.8. The first kappa shape index (κ1) is 18.3. The van der Waals surface area contributed by atoms with Gasteiger partial charge in [0, 0.05) is 29.8 Å². The smallest absolute Gasteiger partial charge is 0.267 e. The number of nitrogens with zero attached hydrogens (tertiary/aromatic N) is 1. The number of benzene rings is 2. The van der Waals surface area contributed by atoms with Crippen molar-refractivity contribution >= 4 is 28.8 Å². The maximum Gasteiger partial charge on any atom is 0.267 e. The van der Waals surface area contributed by atoms with Gasteiger partial charge in [0.05, 0.1) is 5.52 Å². The van der Waals surface area contributed by atoms with Gasteiger partial charge in [0.1, 0.15) is 0 Å². The standard InChI is InChI=1S/C21H19N3O3/c25-20(24-27)10-7-15-3-5-16(6-4-15)11-13-23-21(26)18-8-9-19-17(14-18)2-1-12-22-19/h1-10,12,14,27H,11,13H2,(H,23,26)(H,24,25)/b10-7+. The molecule has 27 heavy (non-hydrogen) atoms. The number of pyridine rings is 1. The van der Waals surface area contributed by atoms with Crippen LogP contribution in [0.3, 0.4) is 0 Å². The average Bonchev–Trinajstić information content (AvgIpc) is 2.72. The molecule has 0 aliphatic heterocycles. The summed E-state index contributed by atoms with van der Waals surface area (Å²) in [5.74, 6) is -0.693. The summed E-state index contributed by atoms with van der Waals surface area (Å²) in [6.07, 6.45) is 5.27. The molecule has 0 saturated heterocycles. The number of hydrogen-bond donors (Lipinski definition) is 3. The molecule has 136 valence electrons. The van der Waals surface area contributed by atoms with Crippen LogP contribution in [0, 0.1) is 0 Å². The first-order valence-corrected chi connectivity index (χ1v) is 8.50. The Bertz CT molecular complexity index is 981. The summed E-state index contributed by atoms with van der Waals surface area (Å²) in [5, 5.41) is 12.3. The largest absolute Gasteiger partial charge is 0.352 e. The van der Waals surface area contributed by atoms with E-state index in [1.807, 2.05) is 48.5 Å². The van der Waals surface area contributed by atoms with Gasteiger partial charge in [-0.3, -0.25) is 19.8 Å². The number of carbonyl (C=O) groups is 2. The van der Waals surface area contributed by atoms with E-state index >= 15 is 0 Å². The van der Waals surface area contributed by atoms with E-state index in [2.05, 4.69) is 10.3 Å². The molecule has 1 heterocycles. The lowest BCUT2D eigenvalue weighted by atomic mass is 10.1. The van der Waals surface area contributed by atoms with Gasteiger partial charge >= 0.3 is 0 Å². The van der Waals surface area contributed by atoms with E-state index in [0.717, 1.165) is 22.0 Å². The van der Waals surface area contributed by atoms with Crippen LogP contribution in [-0.2, 0) is 11.2 Å². The number of aromatic nitrogens is 1. The van der Waals surface area contributed by atoms with Crippen LogP contribution >= 0.6 is 0 Å². The summed E-state index contributed by atoms with van der Waals surface area (Å²) in [6.45, 7) is 0.520. The predicted octanol–water partition coefficient (Wildman–Crippen LogP) is 2.73. The van der Waals surface area contributed by atoms with Crippen molar-refractivity contribution in [1.29, 1.82) is 0 Å². The molecule has 0 unspecified atom stereocenters. The minimum Gasteiger partial charge on any atom is -0.352 e. The fourth-order valence-corrected chi connectivity index (χ4v) is 2.64. The Morgan fingerprint density at radius 2 is 1.89 bits per heavy atom. The normalized spacial score (nSPS) is 10.9. The van der Waals surface area contributed by atoms with Crippen LogP contribution in [0.2, 0.25) is 0 Å². The maximum absolute atomic E-state index is 12.3. The monoisotopic (exact) mass is 361 g/mol. The van der Waals surface area contributed by atoms with Crippen molar-refractivity contribution < 1.29 is 14.8 Å². The molecule has 2 amide bonds. The maximum atomic E-state index is 12.3. The third kappa shape index (κ3) is 4.99. The van der Waals surface area contributed by atoms with Crippen molar-refractivity contribution in [2.24, 2.45) is 0 Å². The molecule has 6 nitrogen and oxygen atoms in total. The zero-order chi connectivity index (χ0) is 19.1. The Labute approximate surface area is 156 Å². The van der Waals surface area contributed by atoms with Gasteiger partial charge in [0.25, 0.3) is 11.8 Å². The van der Waals surface area contributed by atoms with Crippen molar-refractivity contribution in [1.82, 2.24) is 15.8 Å². The number of hydrogen-bond acceptors (Lipinski definition) is 4. The number of carbonyl (C=O) groups excluding carboxylic acids is 2. The highest BCUT2D eigenvalue weighted by atomic mass is 16.5. The highest BCUT2D eigenvalue weighted by Gasteiger charge is 2.06. The molecule has 3 aromatic rings. The minimum absolute atomic E-state index is 0.115. The van der Waals surface area contributed by atoms with Gasteiger partial charge in [-0.15, -0.1) is 0 Å². The van der Waals surface area contributed by atoms with Gasteiger partial charge < -0.3 is 5.32 Å². The van der Waals surface area contributed by atoms with Crippen molar-refractivity contribution in [3.8, 4) is 0 Å². The van der Waals surface area contributed by atoms with E-state index in [1.54, 1.807) is 18.3 Å². The Kier molecular flexibility index (Phi) is 5.91. The molecular formula is C21H19N3O3. The third-order valence-corrected chi connectivity index (χ3v) is 4.08. The molecule has 2 aromatic carbocycles. The Balaban J connectivity index is 1.53. The zero-order valence-corrected chi connectivity index (χ0v) is 14.6. The molecule has 0 radical (unpaired) electrons. The molecule has 0 fully saturated rings. The molecule has 0 aliphatic rings. The topological polar surface area (TPSA) is 91.3 Å². The summed E-state index contributed by atoms with van der Waals surface area (Å²) in [7, 11) is 0. The second kappa shape index (κ2) is 8.73. The molecule has 0 spiro atoms. The Morgan fingerprint density at radius 3 is 2.67 bits per heavy atom. The van der Waals surface area contributed by atoms with E-state index in [1.165, 1.54) is 11.6 Å². The third-order valence-electron chi connectivity index (χ3n) is 4.08. The first-order valence-electron chi connectivity index (χ1n) is 8.50. The van der Waals surface area contributed by atoms with Crippen molar-refractivity contribution in [2.75, 3.05) is 6.54 Å². The molecule has 3 rings (SSSR count). The molecule has 3 N–H and O–H groups in total. The van der Waals surface area contributed by atoms with E-state index in [-0.39, 0.29) is 5.91 Å². The number of rotatable bonds is 6. The van der Waals surface area contributed by atoms with Crippen LogP contribution in [0.15, 0.2) is 66.9 Å². The quantitative estimate of drug-likeness (QED) is 0.358. The molecule has 0 saturated carbocycles. The van der Waals surface area contributed by atoms with Crippen LogP contribution in [0.5, 0.6) is 0 Å². The molecular weight excluding hydrogens is 342 g/mol. The number of fused-ring (bicyclic) bond motifs is 1. The van der Waals surface area contributed by atoms with E-state index in [4.69, 9.17) is 5.21 Å². The van der Waals surface area contributed by atoms with E-state index < -0.39 is 5.91 Å². The lowest BCUT2D eigenvalue weighted by molar-refractivity contribution is -0.124. The van der Waals surface area contributed by atoms with Gasteiger partial charge in [-0.1, -0.05) is 30.3 Å². The van der Waals surface area contributed by atoms with Crippen molar-refractivity contribution in [3.63, 3.8) is 0 Å². The fourth-order valence-electron chi connectivity index (χ4n) is 2.64. The van der Waals surface area contributed by atoms with Gasteiger partial charge in [0.15, 0.2) is 0 Å². The second-order valence-electron chi connectivity index (χ2n) is 5.97. The van der Waals surface area contributed by atoms with Gasteiger partial charge in [-0.2, -0.15) is 0 Å². The summed E-state index contributed by atoms with van der Waals surface area (Å²) >= 11 is 0.